The zero-order chi connectivity index (χ0) is 21.5. The molecule has 1 aromatic heterocycles. The predicted octanol–water partition coefficient (Wildman–Crippen LogP) is 3.60. The maximum atomic E-state index is 5.37. The molecule has 0 amide bonds. The van der Waals surface area contributed by atoms with Gasteiger partial charge in [-0.1, -0.05) is 6.07 Å². The maximum absolute atomic E-state index is 5.37. The Hall–Kier alpha value is -2.23. The van der Waals surface area contributed by atoms with Crippen LogP contribution in [0, 0.1) is 0 Å². The van der Waals surface area contributed by atoms with Gasteiger partial charge in [-0.2, -0.15) is 0 Å². The van der Waals surface area contributed by atoms with Crippen molar-refractivity contribution in [1.82, 2.24) is 15.2 Å². The number of aliphatic imine (C=N–C) groups is 1. The quantitative estimate of drug-likeness (QED) is 0.349. The van der Waals surface area contributed by atoms with Crippen LogP contribution in [0.4, 0.5) is 11.5 Å². The number of benzene rings is 1. The molecule has 8 heteroatoms. The van der Waals surface area contributed by atoms with Crippen LogP contribution in [0.3, 0.4) is 0 Å². The second kappa shape index (κ2) is 12.1. The van der Waals surface area contributed by atoms with Crippen LogP contribution in [0.2, 0.25) is 0 Å². The van der Waals surface area contributed by atoms with Crippen molar-refractivity contribution in [2.75, 3.05) is 63.2 Å². The smallest absolute Gasteiger partial charge is 0.194 e. The highest BCUT2D eigenvalue weighted by Crippen LogP contribution is 2.22. The first kappa shape index (κ1) is 24.4. The number of hydrogen-bond donors (Lipinski definition) is 1. The second-order valence-corrected chi connectivity index (χ2v) is 8.15. The summed E-state index contributed by atoms with van der Waals surface area (Å²) in [6.45, 7) is 6.78. The van der Waals surface area contributed by atoms with Gasteiger partial charge in [0.05, 0.1) is 7.11 Å². The summed E-state index contributed by atoms with van der Waals surface area (Å²) < 4.78 is 5.37. The van der Waals surface area contributed by atoms with Gasteiger partial charge in [-0.25, -0.2) is 4.98 Å². The molecule has 2 fully saturated rings. The molecule has 1 N–H and O–H groups in total. The molecule has 0 unspecified atom stereocenters. The van der Waals surface area contributed by atoms with Gasteiger partial charge in [0.15, 0.2) is 5.96 Å². The van der Waals surface area contributed by atoms with Crippen molar-refractivity contribution >= 4 is 41.4 Å². The number of rotatable bonds is 5. The zero-order valence-corrected chi connectivity index (χ0v) is 21.5. The lowest BCUT2D eigenvalue weighted by atomic mass is 10.1. The Kier molecular flexibility index (Phi) is 9.25. The van der Waals surface area contributed by atoms with E-state index in [1.54, 1.807) is 7.11 Å². The first-order valence-electron chi connectivity index (χ1n) is 11.3. The van der Waals surface area contributed by atoms with Gasteiger partial charge < -0.3 is 24.8 Å². The number of anilines is 2. The summed E-state index contributed by atoms with van der Waals surface area (Å²) in [7, 11) is 3.58. The van der Waals surface area contributed by atoms with Crippen LogP contribution >= 0.6 is 24.0 Å². The lowest BCUT2D eigenvalue weighted by molar-refractivity contribution is 0.372. The van der Waals surface area contributed by atoms with Crippen LogP contribution in [0.5, 0.6) is 5.75 Å². The minimum Gasteiger partial charge on any atom is -0.497 e. The van der Waals surface area contributed by atoms with Crippen LogP contribution in [-0.4, -0.2) is 69.3 Å². The van der Waals surface area contributed by atoms with Crippen molar-refractivity contribution in [3.8, 4) is 5.75 Å². The predicted molar refractivity (Wildman–Crippen MR) is 143 cm³/mol. The van der Waals surface area contributed by atoms with E-state index < -0.39 is 0 Å². The number of methoxy groups -OCH3 is 1. The van der Waals surface area contributed by atoms with E-state index in [0.717, 1.165) is 63.3 Å². The van der Waals surface area contributed by atoms with Gasteiger partial charge in [-0.05, 0) is 49.1 Å². The van der Waals surface area contributed by atoms with Gasteiger partial charge in [-0.15, -0.1) is 24.0 Å². The van der Waals surface area contributed by atoms with Gasteiger partial charge in [0.25, 0.3) is 0 Å². The third-order valence-corrected chi connectivity index (χ3v) is 6.15. The number of guanidine groups is 1. The molecule has 2 aliphatic heterocycles. The number of hydrogen-bond acceptors (Lipinski definition) is 5. The summed E-state index contributed by atoms with van der Waals surface area (Å²) in [5.74, 6) is 2.96. The van der Waals surface area contributed by atoms with Crippen molar-refractivity contribution < 1.29 is 4.74 Å². The summed E-state index contributed by atoms with van der Waals surface area (Å²) in [4.78, 5) is 16.3. The van der Waals surface area contributed by atoms with E-state index in [4.69, 9.17) is 4.74 Å². The van der Waals surface area contributed by atoms with Gasteiger partial charge in [0.2, 0.25) is 0 Å². The van der Waals surface area contributed by atoms with Crippen LogP contribution < -0.4 is 19.9 Å². The van der Waals surface area contributed by atoms with Crippen molar-refractivity contribution in [3.05, 3.63) is 48.2 Å². The molecule has 3 heterocycles. The Morgan fingerprint density at radius 1 is 1.00 bits per heavy atom. The Morgan fingerprint density at radius 3 is 2.50 bits per heavy atom. The summed E-state index contributed by atoms with van der Waals surface area (Å²) in [5, 5.41) is 3.55. The highest BCUT2D eigenvalue weighted by atomic mass is 127. The first-order chi connectivity index (χ1) is 15.3. The minimum atomic E-state index is 0. The normalized spacial score (nSPS) is 17.1. The first-order valence-corrected chi connectivity index (χ1v) is 11.3. The van der Waals surface area contributed by atoms with E-state index in [0.29, 0.717) is 0 Å². The molecule has 32 heavy (non-hydrogen) atoms. The number of piperazine rings is 1. The van der Waals surface area contributed by atoms with Crippen molar-refractivity contribution in [1.29, 1.82) is 0 Å². The molecule has 0 radical (unpaired) electrons. The van der Waals surface area contributed by atoms with E-state index in [1.165, 1.54) is 30.5 Å². The Labute approximate surface area is 208 Å². The third kappa shape index (κ3) is 6.17. The molecule has 0 saturated carbocycles. The lowest BCUT2D eigenvalue weighted by Crippen LogP contribution is -2.52. The Bertz CT molecular complexity index is 878. The Balaban J connectivity index is 0.00000289. The highest BCUT2D eigenvalue weighted by molar-refractivity contribution is 14.0. The highest BCUT2D eigenvalue weighted by Gasteiger charge is 2.20. The van der Waals surface area contributed by atoms with Crippen LogP contribution in [0.15, 0.2) is 47.6 Å². The monoisotopic (exact) mass is 550 g/mol. The van der Waals surface area contributed by atoms with E-state index >= 15 is 0 Å². The van der Waals surface area contributed by atoms with Crippen LogP contribution in [0.1, 0.15) is 24.8 Å². The summed E-state index contributed by atoms with van der Waals surface area (Å²) in [5.41, 5.74) is 2.45. The summed E-state index contributed by atoms with van der Waals surface area (Å²) >= 11 is 0. The van der Waals surface area contributed by atoms with E-state index in [1.807, 2.05) is 25.4 Å². The molecule has 4 rings (SSSR count). The molecule has 2 aromatic rings. The van der Waals surface area contributed by atoms with Crippen molar-refractivity contribution in [3.63, 3.8) is 0 Å². The second-order valence-electron chi connectivity index (χ2n) is 8.15. The number of nitrogens with one attached hydrogen (secondary N) is 1. The largest absolute Gasteiger partial charge is 0.497 e. The molecule has 2 saturated heterocycles. The molecule has 7 nitrogen and oxygen atoms in total. The number of halogens is 1. The molecular formula is C24H35IN6O. The molecule has 0 atom stereocenters. The minimum absolute atomic E-state index is 0. The maximum Gasteiger partial charge on any atom is 0.194 e. The van der Waals surface area contributed by atoms with Crippen LogP contribution in [0.25, 0.3) is 0 Å². The third-order valence-electron chi connectivity index (χ3n) is 6.15. The number of pyridine rings is 1. The number of aromatic nitrogens is 1. The average Bonchev–Trinajstić information content (AvgIpc) is 2.85. The SMILES string of the molecule is CN=C(NCc1ccnc(N2CCCCC2)c1)N1CCN(c2cccc(OC)c2)CC1.I. The molecule has 0 spiro atoms. The average molecular weight is 550 g/mol. The van der Waals surface area contributed by atoms with Gasteiger partial charge in [0.1, 0.15) is 11.6 Å². The fourth-order valence-corrected chi connectivity index (χ4v) is 4.36. The molecule has 2 aliphatic rings. The molecule has 0 aliphatic carbocycles. The van der Waals surface area contributed by atoms with Crippen LogP contribution in [-0.2, 0) is 6.54 Å². The lowest BCUT2D eigenvalue weighted by Gasteiger charge is -2.37. The molecule has 1 aromatic carbocycles. The molecular weight excluding hydrogens is 515 g/mol. The van der Waals surface area contributed by atoms with Gasteiger partial charge in [-0.3, -0.25) is 4.99 Å². The number of nitrogens with zero attached hydrogens (tertiary/aromatic N) is 5. The Morgan fingerprint density at radius 2 is 1.78 bits per heavy atom. The topological polar surface area (TPSA) is 56.2 Å². The number of piperidine rings is 1. The number of ether oxygens (including phenoxy) is 1. The summed E-state index contributed by atoms with van der Waals surface area (Å²) in [6, 6.07) is 12.6. The fraction of sp³-hybridized carbons (Fsp3) is 0.500. The van der Waals surface area contributed by atoms with Gasteiger partial charge in [0, 0.05) is 70.8 Å². The van der Waals surface area contributed by atoms with Crippen molar-refractivity contribution in [2.24, 2.45) is 4.99 Å². The standard InChI is InChI=1S/C24H34N6O.HI/c1-25-24(27-19-20-9-10-26-23(17-20)29-11-4-3-5-12-29)30-15-13-28(14-16-30)21-7-6-8-22(18-21)31-2;/h6-10,17-18H,3-5,11-16,19H2,1-2H3,(H,25,27);1H. The summed E-state index contributed by atoms with van der Waals surface area (Å²) in [6.07, 6.45) is 5.78. The zero-order valence-electron chi connectivity index (χ0n) is 19.2. The molecule has 0 bridgehead atoms. The van der Waals surface area contributed by atoms with E-state index in [9.17, 15) is 0 Å². The fourth-order valence-electron chi connectivity index (χ4n) is 4.36. The van der Waals surface area contributed by atoms with Gasteiger partial charge >= 0.3 is 0 Å². The van der Waals surface area contributed by atoms with E-state index in [2.05, 4.69) is 54.3 Å². The van der Waals surface area contributed by atoms with Crippen molar-refractivity contribution in [2.45, 2.75) is 25.8 Å². The van der Waals surface area contributed by atoms with E-state index in [-0.39, 0.29) is 24.0 Å². The molecule has 174 valence electrons.